The summed E-state index contributed by atoms with van der Waals surface area (Å²) in [4.78, 5) is 12.5. The number of ketones is 1. The van der Waals surface area contributed by atoms with Crippen molar-refractivity contribution < 1.29 is 4.79 Å². The van der Waals surface area contributed by atoms with E-state index in [9.17, 15) is 4.79 Å². The number of anilines is 1. The van der Waals surface area contributed by atoms with Gasteiger partial charge in [0.2, 0.25) is 0 Å². The summed E-state index contributed by atoms with van der Waals surface area (Å²) in [5.41, 5.74) is 10.9. The molecule has 2 rings (SSSR count). The molecule has 92 valence electrons. The van der Waals surface area contributed by atoms with Crippen LogP contribution in [0, 0.1) is 20.8 Å². The van der Waals surface area contributed by atoms with Gasteiger partial charge in [0.25, 0.3) is 0 Å². The van der Waals surface area contributed by atoms with Crippen molar-refractivity contribution in [3.8, 4) is 0 Å². The van der Waals surface area contributed by atoms with Gasteiger partial charge in [-0.3, -0.25) is 4.79 Å². The first-order valence-corrected chi connectivity index (χ1v) is 5.97. The van der Waals surface area contributed by atoms with Crippen molar-refractivity contribution in [1.82, 2.24) is 0 Å². The monoisotopic (exact) mass is 239 g/mol. The van der Waals surface area contributed by atoms with E-state index >= 15 is 0 Å². The Morgan fingerprint density at radius 1 is 1.00 bits per heavy atom. The molecule has 0 saturated carbocycles. The van der Waals surface area contributed by atoms with Crippen molar-refractivity contribution in [3.63, 3.8) is 0 Å². The van der Waals surface area contributed by atoms with Gasteiger partial charge in [0.1, 0.15) is 0 Å². The van der Waals surface area contributed by atoms with Gasteiger partial charge in [-0.1, -0.05) is 29.8 Å². The standard InChI is InChI=1S/C16H17NO/c1-10-7-8-11(2)14(9-10)16(18)13-5-4-6-15(17)12(13)3/h4-9H,17H2,1-3H3. The molecule has 0 bridgehead atoms. The average molecular weight is 239 g/mol. The molecule has 0 aromatic heterocycles. The molecule has 0 amide bonds. The Bertz CT molecular complexity index is 610. The molecule has 2 nitrogen and oxygen atoms in total. The summed E-state index contributed by atoms with van der Waals surface area (Å²) in [6, 6.07) is 11.4. The van der Waals surface area contributed by atoms with E-state index in [1.54, 1.807) is 0 Å². The second-order valence-electron chi connectivity index (χ2n) is 4.67. The van der Waals surface area contributed by atoms with Crippen LogP contribution in [0.1, 0.15) is 32.6 Å². The smallest absolute Gasteiger partial charge is 0.193 e. The molecule has 0 unspecified atom stereocenters. The normalized spacial score (nSPS) is 10.4. The van der Waals surface area contributed by atoms with E-state index in [0.717, 1.165) is 22.3 Å². The number of nitrogen functional groups attached to an aromatic ring is 1. The van der Waals surface area contributed by atoms with Crippen LogP contribution in [-0.4, -0.2) is 5.78 Å². The summed E-state index contributed by atoms with van der Waals surface area (Å²) in [7, 11) is 0. The van der Waals surface area contributed by atoms with E-state index in [-0.39, 0.29) is 5.78 Å². The zero-order valence-corrected chi connectivity index (χ0v) is 10.9. The minimum atomic E-state index is 0.0426. The van der Waals surface area contributed by atoms with E-state index in [1.807, 2.05) is 57.2 Å². The quantitative estimate of drug-likeness (QED) is 0.644. The lowest BCUT2D eigenvalue weighted by Crippen LogP contribution is -2.07. The van der Waals surface area contributed by atoms with Crippen LogP contribution in [0.2, 0.25) is 0 Å². The van der Waals surface area contributed by atoms with Crippen LogP contribution in [0.5, 0.6) is 0 Å². The first kappa shape index (κ1) is 12.4. The number of hydrogen-bond acceptors (Lipinski definition) is 2. The van der Waals surface area contributed by atoms with Crippen LogP contribution >= 0.6 is 0 Å². The third-order valence-electron chi connectivity index (χ3n) is 3.26. The van der Waals surface area contributed by atoms with Crippen molar-refractivity contribution in [2.75, 3.05) is 5.73 Å². The topological polar surface area (TPSA) is 43.1 Å². The number of rotatable bonds is 2. The van der Waals surface area contributed by atoms with Crippen LogP contribution in [0.25, 0.3) is 0 Å². The maximum atomic E-state index is 12.5. The van der Waals surface area contributed by atoms with Gasteiger partial charge in [-0.2, -0.15) is 0 Å². The first-order valence-electron chi connectivity index (χ1n) is 5.97. The molecule has 0 spiro atoms. The molecule has 0 radical (unpaired) electrons. The molecule has 18 heavy (non-hydrogen) atoms. The fraction of sp³-hybridized carbons (Fsp3) is 0.188. The molecule has 0 aliphatic heterocycles. The Labute approximate surface area is 107 Å². The summed E-state index contributed by atoms with van der Waals surface area (Å²) in [6.45, 7) is 5.82. The van der Waals surface area contributed by atoms with Gasteiger partial charge < -0.3 is 5.73 Å². The van der Waals surface area contributed by atoms with Crippen molar-refractivity contribution >= 4 is 11.5 Å². The minimum absolute atomic E-state index is 0.0426. The molecule has 0 fully saturated rings. The predicted molar refractivity (Wildman–Crippen MR) is 74.9 cm³/mol. The number of aryl methyl sites for hydroxylation is 2. The van der Waals surface area contributed by atoms with Crippen LogP contribution in [0.15, 0.2) is 36.4 Å². The van der Waals surface area contributed by atoms with Crippen LogP contribution in [-0.2, 0) is 0 Å². The van der Waals surface area contributed by atoms with E-state index in [2.05, 4.69) is 0 Å². The van der Waals surface area contributed by atoms with E-state index < -0.39 is 0 Å². The largest absolute Gasteiger partial charge is 0.398 e. The highest BCUT2D eigenvalue weighted by Crippen LogP contribution is 2.21. The van der Waals surface area contributed by atoms with Gasteiger partial charge in [0.15, 0.2) is 5.78 Å². The van der Waals surface area contributed by atoms with Crippen molar-refractivity contribution in [3.05, 3.63) is 64.2 Å². The van der Waals surface area contributed by atoms with Crippen LogP contribution < -0.4 is 5.73 Å². The molecule has 2 aromatic rings. The summed E-state index contributed by atoms with van der Waals surface area (Å²) in [5.74, 6) is 0.0426. The summed E-state index contributed by atoms with van der Waals surface area (Å²) in [5, 5.41) is 0. The Balaban J connectivity index is 2.55. The fourth-order valence-corrected chi connectivity index (χ4v) is 2.03. The molecule has 2 aromatic carbocycles. The Kier molecular flexibility index (Phi) is 3.19. The summed E-state index contributed by atoms with van der Waals surface area (Å²) in [6.07, 6.45) is 0. The van der Waals surface area contributed by atoms with Gasteiger partial charge in [0, 0.05) is 16.8 Å². The zero-order chi connectivity index (χ0) is 13.3. The van der Waals surface area contributed by atoms with Crippen LogP contribution in [0.4, 0.5) is 5.69 Å². The molecule has 2 N–H and O–H groups in total. The fourth-order valence-electron chi connectivity index (χ4n) is 2.03. The predicted octanol–water partition coefficient (Wildman–Crippen LogP) is 3.43. The molecule has 0 heterocycles. The van der Waals surface area contributed by atoms with Crippen molar-refractivity contribution in [2.45, 2.75) is 20.8 Å². The number of carbonyl (C=O) groups is 1. The zero-order valence-electron chi connectivity index (χ0n) is 10.9. The van der Waals surface area contributed by atoms with E-state index in [1.165, 1.54) is 0 Å². The molecular weight excluding hydrogens is 222 g/mol. The summed E-state index contributed by atoms with van der Waals surface area (Å²) >= 11 is 0. The summed E-state index contributed by atoms with van der Waals surface area (Å²) < 4.78 is 0. The van der Waals surface area contributed by atoms with Gasteiger partial charge in [-0.05, 0) is 44.0 Å². The highest BCUT2D eigenvalue weighted by Gasteiger charge is 2.14. The van der Waals surface area contributed by atoms with Gasteiger partial charge in [0.05, 0.1) is 0 Å². The Hall–Kier alpha value is -2.09. The third-order valence-corrected chi connectivity index (χ3v) is 3.26. The van der Waals surface area contributed by atoms with Crippen molar-refractivity contribution in [1.29, 1.82) is 0 Å². The minimum Gasteiger partial charge on any atom is -0.398 e. The third kappa shape index (κ3) is 2.14. The first-order chi connectivity index (χ1) is 8.50. The second kappa shape index (κ2) is 4.65. The highest BCUT2D eigenvalue weighted by molar-refractivity contribution is 6.11. The SMILES string of the molecule is Cc1ccc(C)c(C(=O)c2cccc(N)c2C)c1. The molecule has 0 aliphatic rings. The van der Waals surface area contributed by atoms with E-state index in [0.29, 0.717) is 11.3 Å². The highest BCUT2D eigenvalue weighted by atomic mass is 16.1. The lowest BCUT2D eigenvalue weighted by molar-refractivity contribution is 0.103. The Morgan fingerprint density at radius 2 is 1.72 bits per heavy atom. The maximum absolute atomic E-state index is 12.5. The second-order valence-corrected chi connectivity index (χ2v) is 4.67. The van der Waals surface area contributed by atoms with Crippen molar-refractivity contribution in [2.24, 2.45) is 0 Å². The number of benzene rings is 2. The maximum Gasteiger partial charge on any atom is 0.193 e. The number of nitrogens with two attached hydrogens (primary N) is 1. The van der Waals surface area contributed by atoms with Gasteiger partial charge in [-0.15, -0.1) is 0 Å². The number of carbonyl (C=O) groups excluding carboxylic acids is 1. The number of hydrogen-bond donors (Lipinski definition) is 1. The molecule has 2 heteroatoms. The van der Waals surface area contributed by atoms with E-state index in [4.69, 9.17) is 5.73 Å². The van der Waals surface area contributed by atoms with Gasteiger partial charge >= 0.3 is 0 Å². The van der Waals surface area contributed by atoms with Crippen LogP contribution in [0.3, 0.4) is 0 Å². The molecule has 0 aliphatic carbocycles. The molecular formula is C16H17NO. The lowest BCUT2D eigenvalue weighted by Gasteiger charge is -2.10. The lowest BCUT2D eigenvalue weighted by atomic mass is 9.94. The average Bonchev–Trinajstić information content (AvgIpc) is 2.35. The Morgan fingerprint density at radius 3 is 2.44 bits per heavy atom. The van der Waals surface area contributed by atoms with Gasteiger partial charge in [-0.25, -0.2) is 0 Å². The molecule has 0 atom stereocenters. The molecule has 0 saturated heterocycles.